The van der Waals surface area contributed by atoms with E-state index in [1.165, 1.54) is 18.5 Å². The zero-order valence-corrected chi connectivity index (χ0v) is 20.5. The van der Waals surface area contributed by atoms with Gasteiger partial charge in [-0.1, -0.05) is 19.1 Å². The lowest BCUT2D eigenvalue weighted by atomic mass is 9.99. The molecule has 2 aromatic carbocycles. The maximum absolute atomic E-state index is 12.4. The van der Waals surface area contributed by atoms with Crippen LogP contribution in [0.25, 0.3) is 0 Å². The fraction of sp³-hybridized carbons (Fsp3) is 0.481. The predicted octanol–water partition coefficient (Wildman–Crippen LogP) is 4.16. The summed E-state index contributed by atoms with van der Waals surface area (Å²) in [6.45, 7) is 8.05. The van der Waals surface area contributed by atoms with E-state index in [2.05, 4.69) is 40.7 Å². The smallest absolute Gasteiger partial charge is 0.225 e. The van der Waals surface area contributed by atoms with E-state index >= 15 is 0 Å². The molecular formula is C27H36N4O3. The van der Waals surface area contributed by atoms with Crippen molar-refractivity contribution in [3.05, 3.63) is 48.0 Å². The van der Waals surface area contributed by atoms with Crippen LogP contribution in [-0.4, -0.2) is 50.0 Å². The van der Waals surface area contributed by atoms with E-state index < -0.39 is 0 Å². The molecule has 2 fully saturated rings. The largest absolute Gasteiger partial charge is 0.494 e. The Kier molecular flexibility index (Phi) is 7.60. The van der Waals surface area contributed by atoms with E-state index in [1.807, 2.05) is 31.2 Å². The summed E-state index contributed by atoms with van der Waals surface area (Å²) in [5.74, 6) is 1.37. The van der Waals surface area contributed by atoms with Crippen molar-refractivity contribution in [3.63, 3.8) is 0 Å². The third-order valence-corrected chi connectivity index (χ3v) is 7.00. The molecule has 2 N–H and O–H groups in total. The van der Waals surface area contributed by atoms with Crippen molar-refractivity contribution < 1.29 is 14.3 Å². The number of amides is 2. The van der Waals surface area contributed by atoms with Crippen LogP contribution in [-0.2, 0) is 16.1 Å². The molecule has 0 bridgehead atoms. The first-order chi connectivity index (χ1) is 16.5. The summed E-state index contributed by atoms with van der Waals surface area (Å²) in [4.78, 5) is 28.5. The van der Waals surface area contributed by atoms with Gasteiger partial charge < -0.3 is 25.2 Å². The van der Waals surface area contributed by atoms with Crippen LogP contribution < -0.4 is 20.3 Å². The van der Waals surface area contributed by atoms with Crippen molar-refractivity contribution in [2.24, 2.45) is 11.8 Å². The van der Waals surface area contributed by atoms with E-state index in [-0.39, 0.29) is 17.7 Å². The number of benzene rings is 2. The summed E-state index contributed by atoms with van der Waals surface area (Å²) < 4.78 is 5.67. The number of carbonyl (C=O) groups is 2. The number of likely N-dealkylation sites (tertiary alicyclic amines) is 1. The molecule has 7 nitrogen and oxygen atoms in total. The van der Waals surface area contributed by atoms with Crippen molar-refractivity contribution in [3.8, 4) is 5.75 Å². The third kappa shape index (κ3) is 5.64. The summed E-state index contributed by atoms with van der Waals surface area (Å²) in [5.41, 5.74) is 4.08. The zero-order valence-electron chi connectivity index (χ0n) is 20.5. The number of hydrogen-bond acceptors (Lipinski definition) is 5. The number of rotatable bonds is 8. The van der Waals surface area contributed by atoms with E-state index in [0.717, 1.165) is 41.7 Å². The summed E-state index contributed by atoms with van der Waals surface area (Å²) >= 11 is 0. The summed E-state index contributed by atoms with van der Waals surface area (Å²) in [7, 11) is 1.70. The molecule has 2 aliphatic rings. The Morgan fingerprint density at radius 3 is 2.50 bits per heavy atom. The third-order valence-electron chi connectivity index (χ3n) is 7.00. The van der Waals surface area contributed by atoms with Gasteiger partial charge in [0.1, 0.15) is 5.75 Å². The van der Waals surface area contributed by atoms with Crippen molar-refractivity contribution in [1.29, 1.82) is 0 Å². The van der Waals surface area contributed by atoms with E-state index in [0.29, 0.717) is 26.1 Å². The second-order valence-electron chi connectivity index (χ2n) is 9.43. The van der Waals surface area contributed by atoms with E-state index in [1.54, 1.807) is 12.0 Å². The fourth-order valence-electron chi connectivity index (χ4n) is 4.69. The average Bonchev–Trinajstić information content (AvgIpc) is 3.25. The predicted molar refractivity (Wildman–Crippen MR) is 136 cm³/mol. The van der Waals surface area contributed by atoms with Gasteiger partial charge in [0, 0.05) is 56.6 Å². The first-order valence-corrected chi connectivity index (χ1v) is 12.3. The van der Waals surface area contributed by atoms with Gasteiger partial charge in [0.25, 0.3) is 0 Å². The molecule has 1 atom stereocenters. The highest BCUT2D eigenvalue weighted by molar-refractivity contribution is 5.89. The SMILES string of the molecule is CCN1CC(C(=O)NCc2ccc(Nc3ccc(N4CCC(C)CC4)cc3OC)cc2)CC1=O. The van der Waals surface area contributed by atoms with Crippen LogP contribution in [0.2, 0.25) is 0 Å². The van der Waals surface area contributed by atoms with Gasteiger partial charge in [-0.25, -0.2) is 0 Å². The van der Waals surface area contributed by atoms with Gasteiger partial charge in [-0.2, -0.15) is 0 Å². The molecule has 2 amide bonds. The Morgan fingerprint density at radius 2 is 1.85 bits per heavy atom. The molecule has 34 heavy (non-hydrogen) atoms. The Labute approximate surface area is 202 Å². The number of anilines is 3. The molecular weight excluding hydrogens is 428 g/mol. The number of hydrogen-bond donors (Lipinski definition) is 2. The highest BCUT2D eigenvalue weighted by atomic mass is 16.5. The number of carbonyl (C=O) groups excluding carboxylic acids is 2. The second-order valence-corrected chi connectivity index (χ2v) is 9.43. The van der Waals surface area contributed by atoms with Gasteiger partial charge in [0.15, 0.2) is 0 Å². The molecule has 2 aromatic rings. The number of nitrogens with zero attached hydrogens (tertiary/aromatic N) is 2. The molecule has 0 aromatic heterocycles. The van der Waals surface area contributed by atoms with Gasteiger partial charge in [-0.3, -0.25) is 9.59 Å². The van der Waals surface area contributed by atoms with Crippen molar-refractivity contribution in [2.75, 3.05) is 43.5 Å². The Bertz CT molecular complexity index is 999. The molecule has 7 heteroatoms. The van der Waals surface area contributed by atoms with Gasteiger partial charge in [-0.15, -0.1) is 0 Å². The fourth-order valence-corrected chi connectivity index (χ4v) is 4.69. The standard InChI is InChI=1S/C27H36N4O3/c1-4-30-18-21(15-26(30)32)27(33)28-17-20-5-7-22(8-6-20)29-24-10-9-23(16-25(24)34-3)31-13-11-19(2)12-14-31/h5-10,16,19,21,29H,4,11-15,17-18H2,1-3H3,(H,28,33). The quantitative estimate of drug-likeness (QED) is 0.614. The number of piperidine rings is 1. The van der Waals surface area contributed by atoms with Crippen molar-refractivity contribution in [1.82, 2.24) is 10.2 Å². The van der Waals surface area contributed by atoms with Crippen LogP contribution >= 0.6 is 0 Å². The molecule has 182 valence electrons. The van der Waals surface area contributed by atoms with Crippen LogP contribution in [0.5, 0.6) is 5.75 Å². The molecule has 2 saturated heterocycles. The van der Waals surface area contributed by atoms with Gasteiger partial charge in [0.2, 0.25) is 11.8 Å². The Morgan fingerprint density at radius 1 is 1.12 bits per heavy atom. The van der Waals surface area contributed by atoms with Crippen molar-refractivity contribution in [2.45, 2.75) is 39.7 Å². The first-order valence-electron chi connectivity index (χ1n) is 12.3. The number of nitrogens with one attached hydrogen (secondary N) is 2. The van der Waals surface area contributed by atoms with Gasteiger partial charge in [-0.05, 0) is 55.5 Å². The summed E-state index contributed by atoms with van der Waals surface area (Å²) in [6, 6.07) is 14.3. The van der Waals surface area contributed by atoms with Crippen LogP contribution in [0.1, 0.15) is 38.7 Å². The lowest BCUT2D eigenvalue weighted by molar-refractivity contribution is -0.128. The minimum absolute atomic E-state index is 0.0560. The minimum Gasteiger partial charge on any atom is -0.494 e. The lowest BCUT2D eigenvalue weighted by Gasteiger charge is -2.32. The Hall–Kier alpha value is -3.22. The minimum atomic E-state index is -0.253. The maximum atomic E-state index is 12.4. The van der Waals surface area contributed by atoms with Crippen LogP contribution in [0, 0.1) is 11.8 Å². The topological polar surface area (TPSA) is 73.9 Å². The van der Waals surface area contributed by atoms with E-state index in [9.17, 15) is 9.59 Å². The molecule has 2 aliphatic heterocycles. The average molecular weight is 465 g/mol. The Balaban J connectivity index is 1.32. The normalized spacial score (nSPS) is 18.8. The second kappa shape index (κ2) is 10.8. The highest BCUT2D eigenvalue weighted by Crippen LogP contribution is 2.33. The first kappa shape index (κ1) is 23.9. The van der Waals surface area contributed by atoms with Crippen LogP contribution in [0.4, 0.5) is 17.1 Å². The molecule has 0 spiro atoms. The lowest BCUT2D eigenvalue weighted by Crippen LogP contribution is -2.32. The van der Waals surface area contributed by atoms with E-state index in [4.69, 9.17) is 4.74 Å². The van der Waals surface area contributed by atoms with Crippen LogP contribution in [0.3, 0.4) is 0 Å². The number of methoxy groups -OCH3 is 1. The summed E-state index contributed by atoms with van der Waals surface area (Å²) in [6.07, 6.45) is 2.76. The highest BCUT2D eigenvalue weighted by Gasteiger charge is 2.33. The van der Waals surface area contributed by atoms with Crippen molar-refractivity contribution >= 4 is 28.9 Å². The monoisotopic (exact) mass is 464 g/mol. The summed E-state index contributed by atoms with van der Waals surface area (Å²) in [5, 5.41) is 6.41. The van der Waals surface area contributed by atoms with Gasteiger partial charge in [0.05, 0.1) is 18.7 Å². The molecule has 0 saturated carbocycles. The van der Waals surface area contributed by atoms with Gasteiger partial charge >= 0.3 is 0 Å². The molecule has 0 radical (unpaired) electrons. The molecule has 4 rings (SSSR count). The molecule has 1 unspecified atom stereocenters. The zero-order chi connectivity index (χ0) is 24.1. The van der Waals surface area contributed by atoms with Crippen LogP contribution in [0.15, 0.2) is 42.5 Å². The molecule has 2 heterocycles. The molecule has 0 aliphatic carbocycles. The maximum Gasteiger partial charge on any atom is 0.225 e. The number of ether oxygens (including phenoxy) is 1.